The SMILES string of the molecule is Cc1c(Cl)cccc1NC(=S)N[C@H](C)CCc1ccco1. The summed E-state index contributed by atoms with van der Waals surface area (Å²) in [5.74, 6) is 0.994. The number of hydrogen-bond donors (Lipinski definition) is 2. The van der Waals surface area contributed by atoms with Gasteiger partial charge in [0.05, 0.1) is 6.26 Å². The van der Waals surface area contributed by atoms with Gasteiger partial charge in [0.2, 0.25) is 0 Å². The van der Waals surface area contributed by atoms with Crippen LogP contribution in [0.4, 0.5) is 5.69 Å². The topological polar surface area (TPSA) is 37.2 Å². The van der Waals surface area contributed by atoms with Gasteiger partial charge in [-0.3, -0.25) is 0 Å². The van der Waals surface area contributed by atoms with Crippen molar-refractivity contribution in [2.75, 3.05) is 5.32 Å². The second kappa shape index (κ2) is 7.48. The zero-order valence-electron chi connectivity index (χ0n) is 12.2. The van der Waals surface area contributed by atoms with Gasteiger partial charge in [-0.1, -0.05) is 17.7 Å². The van der Waals surface area contributed by atoms with Gasteiger partial charge >= 0.3 is 0 Å². The van der Waals surface area contributed by atoms with Crippen LogP contribution in [0.1, 0.15) is 24.7 Å². The molecule has 0 radical (unpaired) electrons. The third kappa shape index (κ3) is 4.76. The highest BCUT2D eigenvalue weighted by Gasteiger charge is 2.08. The van der Waals surface area contributed by atoms with Crippen LogP contribution in [0.3, 0.4) is 0 Å². The minimum atomic E-state index is 0.259. The van der Waals surface area contributed by atoms with Gasteiger partial charge in [-0.2, -0.15) is 0 Å². The van der Waals surface area contributed by atoms with Crippen LogP contribution in [0.25, 0.3) is 0 Å². The van der Waals surface area contributed by atoms with Gasteiger partial charge in [-0.15, -0.1) is 0 Å². The molecule has 112 valence electrons. The Bertz CT molecular complexity index is 598. The van der Waals surface area contributed by atoms with E-state index in [4.69, 9.17) is 28.2 Å². The summed E-state index contributed by atoms with van der Waals surface area (Å²) in [5, 5.41) is 7.79. The third-order valence-electron chi connectivity index (χ3n) is 3.30. The number of hydrogen-bond acceptors (Lipinski definition) is 2. The van der Waals surface area contributed by atoms with Crippen LogP contribution < -0.4 is 10.6 Å². The van der Waals surface area contributed by atoms with E-state index in [1.54, 1.807) is 6.26 Å². The van der Waals surface area contributed by atoms with Crippen molar-refractivity contribution < 1.29 is 4.42 Å². The summed E-state index contributed by atoms with van der Waals surface area (Å²) >= 11 is 11.4. The number of benzene rings is 1. The van der Waals surface area contributed by atoms with Crippen molar-refractivity contribution in [3.63, 3.8) is 0 Å². The molecule has 0 spiro atoms. The summed E-state index contributed by atoms with van der Waals surface area (Å²) < 4.78 is 5.32. The number of furan rings is 1. The molecule has 1 atom stereocenters. The summed E-state index contributed by atoms with van der Waals surface area (Å²) in [4.78, 5) is 0. The minimum Gasteiger partial charge on any atom is -0.469 e. The van der Waals surface area contributed by atoms with Crippen molar-refractivity contribution in [2.45, 2.75) is 32.7 Å². The van der Waals surface area contributed by atoms with E-state index >= 15 is 0 Å². The molecule has 1 heterocycles. The summed E-state index contributed by atoms with van der Waals surface area (Å²) in [6.07, 6.45) is 3.53. The zero-order valence-corrected chi connectivity index (χ0v) is 13.7. The van der Waals surface area contributed by atoms with Crippen molar-refractivity contribution >= 4 is 34.6 Å². The minimum absolute atomic E-state index is 0.259. The zero-order chi connectivity index (χ0) is 15.2. The highest BCUT2D eigenvalue weighted by atomic mass is 35.5. The molecule has 21 heavy (non-hydrogen) atoms. The third-order valence-corrected chi connectivity index (χ3v) is 3.93. The Morgan fingerprint density at radius 2 is 2.14 bits per heavy atom. The van der Waals surface area contributed by atoms with E-state index in [9.17, 15) is 0 Å². The first-order valence-electron chi connectivity index (χ1n) is 6.91. The molecule has 0 unspecified atom stereocenters. The van der Waals surface area contributed by atoms with E-state index in [2.05, 4.69) is 17.6 Å². The van der Waals surface area contributed by atoms with E-state index < -0.39 is 0 Å². The second-order valence-electron chi connectivity index (χ2n) is 5.03. The fraction of sp³-hybridized carbons (Fsp3) is 0.312. The monoisotopic (exact) mass is 322 g/mol. The molecule has 0 aliphatic heterocycles. The van der Waals surface area contributed by atoms with E-state index in [0.717, 1.165) is 34.9 Å². The molecule has 2 rings (SSSR count). The molecule has 0 aliphatic carbocycles. The lowest BCUT2D eigenvalue weighted by Crippen LogP contribution is -2.36. The second-order valence-corrected chi connectivity index (χ2v) is 5.85. The number of thiocarbonyl (C=S) groups is 1. The highest BCUT2D eigenvalue weighted by Crippen LogP contribution is 2.22. The van der Waals surface area contributed by atoms with Crippen LogP contribution >= 0.6 is 23.8 Å². The van der Waals surface area contributed by atoms with E-state index in [1.165, 1.54) is 0 Å². The molecule has 0 bridgehead atoms. The quantitative estimate of drug-likeness (QED) is 0.792. The Kier molecular flexibility index (Phi) is 5.65. The normalized spacial score (nSPS) is 12.0. The maximum atomic E-state index is 6.10. The van der Waals surface area contributed by atoms with E-state index in [0.29, 0.717) is 5.11 Å². The molecule has 1 aromatic carbocycles. The number of aryl methyl sites for hydroxylation is 1. The van der Waals surface area contributed by atoms with Crippen molar-refractivity contribution in [2.24, 2.45) is 0 Å². The molecule has 2 aromatic rings. The fourth-order valence-corrected chi connectivity index (χ4v) is 2.50. The largest absolute Gasteiger partial charge is 0.469 e. The Morgan fingerprint density at radius 3 is 2.86 bits per heavy atom. The molecule has 0 saturated heterocycles. The van der Waals surface area contributed by atoms with Crippen LogP contribution in [-0.4, -0.2) is 11.2 Å². The molecule has 2 N–H and O–H groups in total. The summed E-state index contributed by atoms with van der Waals surface area (Å²) in [7, 11) is 0. The van der Waals surface area contributed by atoms with Crippen molar-refractivity contribution in [3.8, 4) is 0 Å². The van der Waals surface area contributed by atoms with Crippen LogP contribution in [0.2, 0.25) is 5.02 Å². The fourth-order valence-electron chi connectivity index (χ4n) is 2.01. The van der Waals surface area contributed by atoms with Gasteiger partial charge in [-0.25, -0.2) is 0 Å². The first kappa shape index (κ1) is 15.9. The Hall–Kier alpha value is -1.52. The lowest BCUT2D eigenvalue weighted by Gasteiger charge is -2.17. The van der Waals surface area contributed by atoms with Gasteiger partial charge < -0.3 is 15.1 Å². The maximum absolute atomic E-state index is 6.10. The van der Waals surface area contributed by atoms with Gasteiger partial charge in [0.15, 0.2) is 5.11 Å². The Balaban J connectivity index is 1.82. The van der Waals surface area contributed by atoms with Crippen molar-refractivity contribution in [1.29, 1.82) is 0 Å². The Labute approximate surface area is 135 Å². The average molecular weight is 323 g/mol. The molecule has 1 aromatic heterocycles. The summed E-state index contributed by atoms with van der Waals surface area (Å²) in [5.41, 5.74) is 1.92. The number of halogens is 1. The molecule has 3 nitrogen and oxygen atoms in total. The smallest absolute Gasteiger partial charge is 0.170 e. The maximum Gasteiger partial charge on any atom is 0.170 e. The van der Waals surface area contributed by atoms with Crippen molar-refractivity contribution in [3.05, 3.63) is 52.9 Å². The molecule has 0 fully saturated rings. The number of anilines is 1. The predicted octanol–water partition coefficient (Wildman–Crippen LogP) is 4.55. The molecule has 0 saturated carbocycles. The van der Waals surface area contributed by atoms with E-state index in [1.807, 2.05) is 37.3 Å². The van der Waals surface area contributed by atoms with E-state index in [-0.39, 0.29) is 6.04 Å². The predicted molar refractivity (Wildman–Crippen MR) is 92.0 cm³/mol. The molecular weight excluding hydrogens is 304 g/mol. The van der Waals surface area contributed by atoms with Crippen molar-refractivity contribution in [1.82, 2.24) is 5.32 Å². The molecule has 5 heteroatoms. The lowest BCUT2D eigenvalue weighted by atomic mass is 10.1. The van der Waals surface area contributed by atoms with Crippen LogP contribution in [0.5, 0.6) is 0 Å². The van der Waals surface area contributed by atoms with Crippen LogP contribution in [-0.2, 0) is 6.42 Å². The first-order valence-corrected chi connectivity index (χ1v) is 7.70. The van der Waals surface area contributed by atoms with Crippen LogP contribution in [0.15, 0.2) is 41.0 Å². The van der Waals surface area contributed by atoms with Gasteiger partial charge in [0.25, 0.3) is 0 Å². The Morgan fingerprint density at radius 1 is 1.33 bits per heavy atom. The van der Waals surface area contributed by atoms with Gasteiger partial charge in [0, 0.05) is 23.2 Å². The van der Waals surface area contributed by atoms with Crippen LogP contribution in [0, 0.1) is 6.92 Å². The first-order chi connectivity index (χ1) is 10.1. The average Bonchev–Trinajstić information content (AvgIpc) is 2.95. The van der Waals surface area contributed by atoms with Gasteiger partial charge in [-0.05, 0) is 62.3 Å². The molecule has 0 aliphatic rings. The standard InChI is InChI=1S/C16H19ClN2OS/c1-11(8-9-13-5-4-10-20-13)18-16(21)19-15-7-3-6-14(17)12(15)2/h3-7,10-11H,8-9H2,1-2H3,(H2,18,19,21)/t11-/m1/s1. The summed E-state index contributed by atoms with van der Waals surface area (Å²) in [6.45, 7) is 4.06. The van der Waals surface area contributed by atoms with Gasteiger partial charge in [0.1, 0.15) is 5.76 Å². The molecular formula is C16H19ClN2OS. The molecule has 0 amide bonds. The lowest BCUT2D eigenvalue weighted by molar-refractivity contribution is 0.483. The number of nitrogens with one attached hydrogen (secondary N) is 2. The summed E-state index contributed by atoms with van der Waals surface area (Å²) in [6, 6.07) is 9.88. The number of rotatable bonds is 5. The highest BCUT2D eigenvalue weighted by molar-refractivity contribution is 7.80.